The van der Waals surface area contributed by atoms with E-state index in [-0.39, 0.29) is 23.3 Å². The second kappa shape index (κ2) is 5.48. The van der Waals surface area contributed by atoms with Crippen molar-refractivity contribution in [2.24, 2.45) is 5.92 Å². The molecule has 2 unspecified atom stereocenters. The van der Waals surface area contributed by atoms with Crippen LogP contribution in [0.5, 0.6) is 5.75 Å². The molecule has 7 nitrogen and oxygen atoms in total. The second-order valence-electron chi connectivity index (χ2n) is 4.88. The van der Waals surface area contributed by atoms with E-state index in [1.165, 1.54) is 6.92 Å². The summed E-state index contributed by atoms with van der Waals surface area (Å²) in [7, 11) is 0. The smallest absolute Gasteiger partial charge is 0.313 e. The summed E-state index contributed by atoms with van der Waals surface area (Å²) in [4.78, 5) is 32.2. The lowest BCUT2D eigenvalue weighted by molar-refractivity contribution is -0.159. The van der Waals surface area contributed by atoms with Crippen molar-refractivity contribution in [3.05, 3.63) is 11.0 Å². The molecule has 1 aliphatic rings. The third kappa shape index (κ3) is 2.65. The molecule has 0 radical (unpaired) electrons. The van der Waals surface area contributed by atoms with Gasteiger partial charge in [0.15, 0.2) is 16.6 Å². The summed E-state index contributed by atoms with van der Waals surface area (Å²) in [6, 6.07) is 0. The average Bonchev–Trinajstić information content (AvgIpc) is 2.40. The van der Waals surface area contributed by atoms with Crippen LogP contribution < -0.4 is 10.1 Å². The Hall–Kier alpha value is -1.89. The highest BCUT2D eigenvalue weighted by Crippen LogP contribution is 2.40. The fourth-order valence-electron chi connectivity index (χ4n) is 1.97. The Labute approximate surface area is 127 Å². The molecule has 1 aromatic rings. The summed E-state index contributed by atoms with van der Waals surface area (Å²) >= 11 is 6.02. The van der Waals surface area contributed by atoms with Crippen molar-refractivity contribution >= 4 is 29.3 Å². The monoisotopic (exact) mass is 313 g/mol. The molecule has 2 atom stereocenters. The van der Waals surface area contributed by atoms with Gasteiger partial charge in [0.2, 0.25) is 5.75 Å². The van der Waals surface area contributed by atoms with Crippen molar-refractivity contribution < 1.29 is 19.1 Å². The zero-order valence-electron chi connectivity index (χ0n) is 12.2. The maximum absolute atomic E-state index is 12.3. The van der Waals surface area contributed by atoms with Gasteiger partial charge in [-0.25, -0.2) is 9.97 Å². The fourth-order valence-corrected chi connectivity index (χ4v) is 2.22. The first kappa shape index (κ1) is 15.5. The van der Waals surface area contributed by atoms with Crippen LogP contribution in [0.4, 0.5) is 5.82 Å². The first-order chi connectivity index (χ1) is 9.79. The Kier molecular flexibility index (Phi) is 4.04. The number of halogens is 1. The number of carbonyl (C=O) groups is 2. The molecule has 114 valence electrons. The minimum atomic E-state index is -1.44. The minimum absolute atomic E-state index is 0.0831. The Balaban J connectivity index is 2.39. The number of esters is 1. The van der Waals surface area contributed by atoms with E-state index < -0.39 is 23.4 Å². The summed E-state index contributed by atoms with van der Waals surface area (Å²) in [6.07, 6.45) is 0. The van der Waals surface area contributed by atoms with E-state index in [2.05, 4.69) is 15.3 Å². The lowest BCUT2D eigenvalue weighted by Gasteiger charge is -2.37. The van der Waals surface area contributed by atoms with Gasteiger partial charge in [0, 0.05) is 0 Å². The van der Waals surface area contributed by atoms with Crippen LogP contribution in [0.3, 0.4) is 0 Å². The second-order valence-corrected chi connectivity index (χ2v) is 5.23. The lowest BCUT2D eigenvalue weighted by atomic mass is 9.88. The molecule has 1 aromatic heterocycles. The maximum Gasteiger partial charge on any atom is 0.313 e. The number of anilines is 1. The highest BCUT2D eigenvalue weighted by molar-refractivity contribution is 6.31. The molecular formula is C13H16ClN3O4. The van der Waals surface area contributed by atoms with Crippen LogP contribution in [0.1, 0.15) is 26.6 Å². The molecule has 8 heteroatoms. The van der Waals surface area contributed by atoms with E-state index in [0.29, 0.717) is 5.82 Å². The molecular weight excluding hydrogens is 298 g/mol. The molecule has 0 saturated heterocycles. The molecule has 2 heterocycles. The Morgan fingerprint density at radius 2 is 2.19 bits per heavy atom. The number of fused-ring (bicyclic) bond motifs is 1. The molecule has 0 aliphatic carbocycles. The quantitative estimate of drug-likeness (QED) is 0.675. The van der Waals surface area contributed by atoms with E-state index in [1.807, 2.05) is 0 Å². The van der Waals surface area contributed by atoms with Gasteiger partial charge in [0.1, 0.15) is 11.7 Å². The summed E-state index contributed by atoms with van der Waals surface area (Å²) in [5.41, 5.74) is -1.44. The van der Waals surface area contributed by atoms with Gasteiger partial charge < -0.3 is 14.8 Å². The number of aryl methyl sites for hydroxylation is 1. The SMILES string of the molecule is CCOC(=O)C(C)C1(C)Oc2c(Cl)nc(C)nc2NC1=O. The average molecular weight is 314 g/mol. The van der Waals surface area contributed by atoms with Crippen LogP contribution in [-0.2, 0) is 14.3 Å². The summed E-state index contributed by atoms with van der Waals surface area (Å²) in [5, 5.41) is 2.69. The van der Waals surface area contributed by atoms with Crippen molar-refractivity contribution in [3.8, 4) is 5.75 Å². The standard InChI is InChI=1S/C13H16ClN3O4/c1-5-20-11(18)6(2)13(4)12(19)17-10-8(21-13)9(14)15-7(3)16-10/h6H,5H2,1-4H3,(H,15,16,17,19). The topological polar surface area (TPSA) is 90.4 Å². The third-order valence-electron chi connectivity index (χ3n) is 3.40. The summed E-state index contributed by atoms with van der Waals surface area (Å²) < 4.78 is 10.6. The predicted octanol–water partition coefficient (Wildman–Crippen LogP) is 1.73. The van der Waals surface area contributed by atoms with Gasteiger partial charge in [-0.05, 0) is 27.7 Å². The van der Waals surface area contributed by atoms with E-state index >= 15 is 0 Å². The Bertz CT molecular complexity index is 607. The number of rotatable bonds is 3. The van der Waals surface area contributed by atoms with Gasteiger partial charge >= 0.3 is 5.97 Å². The van der Waals surface area contributed by atoms with Crippen LogP contribution in [0.2, 0.25) is 5.15 Å². The van der Waals surface area contributed by atoms with Crippen LogP contribution >= 0.6 is 11.6 Å². The summed E-state index contributed by atoms with van der Waals surface area (Å²) in [5.74, 6) is -1.06. The first-order valence-corrected chi connectivity index (χ1v) is 6.88. The van der Waals surface area contributed by atoms with Crippen molar-refractivity contribution in [1.82, 2.24) is 9.97 Å². The number of aromatic nitrogens is 2. The first-order valence-electron chi connectivity index (χ1n) is 6.50. The number of carbonyl (C=O) groups excluding carboxylic acids is 2. The van der Waals surface area contributed by atoms with Gasteiger partial charge in [-0.2, -0.15) is 0 Å². The van der Waals surface area contributed by atoms with Crippen molar-refractivity contribution in [3.63, 3.8) is 0 Å². The molecule has 0 aromatic carbocycles. The molecule has 0 spiro atoms. The normalized spacial score (nSPS) is 21.9. The van der Waals surface area contributed by atoms with Gasteiger partial charge in [0.25, 0.3) is 5.91 Å². The number of hydrogen-bond donors (Lipinski definition) is 1. The van der Waals surface area contributed by atoms with Gasteiger partial charge in [0.05, 0.1) is 6.61 Å². The van der Waals surface area contributed by atoms with Gasteiger partial charge in [-0.1, -0.05) is 11.6 Å². The van der Waals surface area contributed by atoms with Gasteiger partial charge in [-0.15, -0.1) is 0 Å². The van der Waals surface area contributed by atoms with E-state index in [9.17, 15) is 9.59 Å². The zero-order valence-corrected chi connectivity index (χ0v) is 12.9. The zero-order chi connectivity index (χ0) is 15.8. The molecule has 0 fully saturated rings. The number of amides is 1. The Morgan fingerprint density at radius 1 is 1.52 bits per heavy atom. The molecule has 0 saturated carbocycles. The Morgan fingerprint density at radius 3 is 2.81 bits per heavy atom. The predicted molar refractivity (Wildman–Crippen MR) is 75.2 cm³/mol. The van der Waals surface area contributed by atoms with Crippen LogP contribution in [0, 0.1) is 12.8 Å². The fraction of sp³-hybridized carbons (Fsp3) is 0.538. The molecule has 21 heavy (non-hydrogen) atoms. The number of nitrogens with zero attached hydrogens (tertiary/aromatic N) is 2. The highest BCUT2D eigenvalue weighted by Gasteiger charge is 2.49. The van der Waals surface area contributed by atoms with Crippen molar-refractivity contribution in [2.75, 3.05) is 11.9 Å². The van der Waals surface area contributed by atoms with Crippen LogP contribution in [-0.4, -0.2) is 34.1 Å². The molecule has 2 rings (SSSR count). The van der Waals surface area contributed by atoms with Crippen LogP contribution in [0.25, 0.3) is 0 Å². The maximum atomic E-state index is 12.3. The van der Waals surface area contributed by atoms with Gasteiger partial charge in [-0.3, -0.25) is 9.59 Å². The molecule has 0 bridgehead atoms. The lowest BCUT2D eigenvalue weighted by Crippen LogP contribution is -2.55. The van der Waals surface area contributed by atoms with E-state index in [1.54, 1.807) is 20.8 Å². The molecule has 1 N–H and O–H groups in total. The van der Waals surface area contributed by atoms with Crippen LogP contribution in [0.15, 0.2) is 0 Å². The third-order valence-corrected chi connectivity index (χ3v) is 3.66. The molecule has 1 aliphatic heterocycles. The summed E-state index contributed by atoms with van der Waals surface area (Å²) in [6.45, 7) is 6.62. The number of ether oxygens (including phenoxy) is 2. The number of hydrogen-bond acceptors (Lipinski definition) is 6. The largest absolute Gasteiger partial charge is 0.470 e. The minimum Gasteiger partial charge on any atom is -0.470 e. The van der Waals surface area contributed by atoms with Crippen molar-refractivity contribution in [1.29, 1.82) is 0 Å². The van der Waals surface area contributed by atoms with Crippen molar-refractivity contribution in [2.45, 2.75) is 33.3 Å². The van der Waals surface area contributed by atoms with E-state index in [0.717, 1.165) is 0 Å². The van der Waals surface area contributed by atoms with E-state index in [4.69, 9.17) is 21.1 Å². The highest BCUT2D eigenvalue weighted by atomic mass is 35.5. The number of nitrogens with one attached hydrogen (secondary N) is 1. The molecule has 1 amide bonds.